The van der Waals surface area contributed by atoms with Gasteiger partial charge in [-0.1, -0.05) is 140 Å². The minimum absolute atomic E-state index is 0. The molecule has 0 aliphatic heterocycles. The molecule has 0 spiro atoms. The second-order valence-electron chi connectivity index (χ2n) is 8.30. The molecule has 198 valence electrons. The van der Waals surface area contributed by atoms with Crippen LogP contribution < -0.4 is 31.8 Å². The van der Waals surface area contributed by atoms with Crippen LogP contribution >= 0.6 is 15.8 Å². The Labute approximate surface area is 249 Å². The summed E-state index contributed by atoms with van der Waals surface area (Å²) in [7, 11) is -0.818. The van der Waals surface area contributed by atoms with Crippen LogP contribution in [-0.4, -0.2) is 0 Å². The van der Waals surface area contributed by atoms with Crippen molar-refractivity contribution in [2.45, 2.75) is 0 Å². The van der Waals surface area contributed by atoms with E-state index in [-0.39, 0.29) is 33.6 Å². The third-order valence-corrected chi connectivity index (χ3v) is 10.8. The summed E-state index contributed by atoms with van der Waals surface area (Å²) in [4.78, 5) is 0. The van der Waals surface area contributed by atoms with Crippen LogP contribution in [0.15, 0.2) is 170 Å². The van der Waals surface area contributed by atoms with Crippen LogP contribution in [0.3, 0.4) is 0 Å². The van der Waals surface area contributed by atoms with Crippen molar-refractivity contribution in [3.63, 3.8) is 0 Å². The summed E-state index contributed by atoms with van der Waals surface area (Å²) in [5.41, 5.74) is 0. The monoisotopic (exact) mass is 612 g/mol. The van der Waals surface area contributed by atoms with E-state index in [1.807, 2.05) is 0 Å². The molecule has 0 nitrogen and oxygen atoms in total. The zero-order valence-electron chi connectivity index (χ0n) is 20.7. The molecule has 0 bridgehead atoms. The van der Waals surface area contributed by atoms with E-state index in [0.717, 1.165) is 0 Å². The van der Waals surface area contributed by atoms with Gasteiger partial charge in [-0.25, -0.2) is 20.1 Å². The van der Waals surface area contributed by atoms with Crippen molar-refractivity contribution >= 4 is 47.7 Å². The van der Waals surface area contributed by atoms with E-state index in [4.69, 9.17) is 0 Å². The van der Waals surface area contributed by atoms with E-state index in [2.05, 4.69) is 170 Å². The van der Waals surface area contributed by atoms with Gasteiger partial charge in [-0.05, 0) is 10.6 Å². The molecule has 0 fully saturated rings. The summed E-state index contributed by atoms with van der Waals surface area (Å²) in [6.07, 6.45) is 0. The summed E-state index contributed by atoms with van der Waals surface area (Å²) in [6, 6.07) is 60.5. The van der Waals surface area contributed by atoms with Gasteiger partial charge in [0, 0.05) is 33.6 Å². The van der Waals surface area contributed by atoms with E-state index in [1.165, 1.54) is 31.8 Å². The Hall–Kier alpha value is -2.55. The number of benzene rings is 4. The minimum atomic E-state index is -0.409. The largest absolute Gasteiger partial charge is 0.747 e. The first-order valence-corrected chi connectivity index (χ1v) is 14.8. The third kappa shape index (κ3) is 7.74. The predicted octanol–water partition coefficient (Wildman–Crippen LogP) is 6.32. The molecule has 0 heterocycles. The van der Waals surface area contributed by atoms with Crippen LogP contribution in [0.25, 0.3) is 0 Å². The van der Waals surface area contributed by atoms with Gasteiger partial charge in [0.15, 0.2) is 0 Å². The maximum Gasteiger partial charge on any atom is 0 e. The minimum Gasteiger partial charge on any atom is -0.747 e. The second-order valence-corrected chi connectivity index (χ2v) is 12.7. The normalized spacial score (nSPS) is 10.2. The maximum absolute atomic E-state index is 2.23. The molecule has 0 atom stereocenters. The number of rotatable bonds is 6. The molecule has 0 unspecified atom stereocenters. The van der Waals surface area contributed by atoms with Crippen LogP contribution in [0.4, 0.5) is 0 Å². The quantitative estimate of drug-likeness (QED) is 0.117. The Morgan fingerprint density at radius 1 is 0.421 bits per heavy atom. The Morgan fingerprint density at radius 3 is 1.08 bits per heavy atom. The molecule has 6 aromatic carbocycles. The fourth-order valence-corrected chi connectivity index (χ4v) is 8.84. The first kappa shape index (κ1) is 30.0. The summed E-state index contributed by atoms with van der Waals surface area (Å²) in [5, 5.41) is 8.47. The van der Waals surface area contributed by atoms with Gasteiger partial charge in [-0.2, -0.15) is 12.1 Å². The zero-order valence-corrected chi connectivity index (χ0v) is 24.6. The van der Waals surface area contributed by atoms with Crippen molar-refractivity contribution in [3.8, 4) is 0 Å². The topological polar surface area (TPSA) is 0 Å². The first-order valence-electron chi connectivity index (χ1n) is 12.1. The molecule has 0 amide bonds. The molecule has 38 heavy (non-hydrogen) atoms. The van der Waals surface area contributed by atoms with Gasteiger partial charge in [0.1, 0.15) is 0 Å². The van der Waals surface area contributed by atoms with Crippen LogP contribution in [0, 0.1) is 0 Å². The Kier molecular flexibility index (Phi) is 12.4. The molecule has 0 aliphatic rings. The van der Waals surface area contributed by atoms with Gasteiger partial charge in [0.2, 0.25) is 0 Å². The summed E-state index contributed by atoms with van der Waals surface area (Å²) in [6.45, 7) is 0. The van der Waals surface area contributed by atoms with Crippen molar-refractivity contribution in [2.75, 3.05) is 0 Å². The molecule has 0 N–H and O–H groups in total. The van der Waals surface area contributed by atoms with Crippen molar-refractivity contribution < 1.29 is 33.6 Å². The predicted molar refractivity (Wildman–Crippen MR) is 161 cm³/mol. The van der Waals surface area contributed by atoms with Crippen molar-refractivity contribution in [2.24, 2.45) is 0 Å². The standard InChI is InChI=1S/2C17H14P.Fe.Ni/c2*1-3-9-15(10-4-1)18(17-13-7-8-14-17)16-11-5-2-6-12-16;;/h2*1-14H;;/q-5;-1;;. The molecule has 4 heteroatoms. The zero-order chi connectivity index (χ0) is 24.4. The van der Waals surface area contributed by atoms with E-state index in [0.29, 0.717) is 0 Å². The maximum atomic E-state index is 2.23. The average Bonchev–Trinajstić information content (AvgIpc) is 3.68. The summed E-state index contributed by atoms with van der Waals surface area (Å²) >= 11 is 0. The summed E-state index contributed by atoms with van der Waals surface area (Å²) in [5.74, 6) is 0. The Balaban J connectivity index is 0.000000200. The average molecular weight is 613 g/mol. The van der Waals surface area contributed by atoms with E-state index in [9.17, 15) is 0 Å². The Morgan fingerprint density at radius 2 is 0.737 bits per heavy atom. The number of hydrogen-bond acceptors (Lipinski definition) is 0. The van der Waals surface area contributed by atoms with Crippen LogP contribution in [-0.2, 0) is 33.6 Å². The molecule has 0 saturated carbocycles. The van der Waals surface area contributed by atoms with Gasteiger partial charge in [0.25, 0.3) is 0 Å². The van der Waals surface area contributed by atoms with Crippen LogP contribution in [0.1, 0.15) is 0 Å². The molecule has 0 aliphatic carbocycles. The van der Waals surface area contributed by atoms with E-state index in [1.54, 1.807) is 0 Å². The van der Waals surface area contributed by atoms with Gasteiger partial charge in [0.05, 0.1) is 0 Å². The van der Waals surface area contributed by atoms with Gasteiger partial charge >= 0.3 is 0 Å². The molecule has 0 saturated heterocycles. The third-order valence-electron chi connectivity index (χ3n) is 5.86. The smallest absolute Gasteiger partial charge is 0 e. The van der Waals surface area contributed by atoms with Crippen LogP contribution in [0.2, 0.25) is 0 Å². The fourth-order valence-electron chi connectivity index (χ4n) is 4.23. The van der Waals surface area contributed by atoms with E-state index >= 15 is 0 Å². The molecule has 0 aromatic heterocycles. The van der Waals surface area contributed by atoms with Gasteiger partial charge in [-0.15, -0.1) is 5.30 Å². The van der Waals surface area contributed by atoms with Crippen LogP contribution in [0.5, 0.6) is 0 Å². The number of hydrogen-bond donors (Lipinski definition) is 0. The molecular formula is C34H28FeNiP2-6. The van der Waals surface area contributed by atoms with Gasteiger partial charge < -0.3 is 29.6 Å². The fraction of sp³-hybridized carbons (Fsp3) is 0. The SMILES string of the molecule is [Fe].[Ni].c1ccc(P(c2ccccc2)[c-]2[cH-][cH-][cH-][cH-]2)cc1.c1ccc(P(c2ccccc2)[c-]2cccc2)cc1. The molecule has 6 rings (SSSR count). The van der Waals surface area contributed by atoms with Gasteiger partial charge in [-0.3, -0.25) is 0 Å². The van der Waals surface area contributed by atoms with Crippen molar-refractivity contribution in [1.29, 1.82) is 0 Å². The first-order chi connectivity index (χ1) is 17.9. The molecular weight excluding hydrogens is 585 g/mol. The van der Waals surface area contributed by atoms with E-state index < -0.39 is 15.8 Å². The summed E-state index contributed by atoms with van der Waals surface area (Å²) < 4.78 is 0. The molecule has 6 aromatic rings. The second kappa shape index (κ2) is 15.8. The molecule has 0 radical (unpaired) electrons. The van der Waals surface area contributed by atoms with Crippen molar-refractivity contribution in [3.05, 3.63) is 170 Å². The van der Waals surface area contributed by atoms with Crippen molar-refractivity contribution in [1.82, 2.24) is 0 Å². The Bertz CT molecular complexity index is 1210.